The van der Waals surface area contributed by atoms with Gasteiger partial charge in [-0.3, -0.25) is 15.1 Å². The van der Waals surface area contributed by atoms with Crippen molar-refractivity contribution < 1.29 is 31.9 Å². The first-order valence-electron chi connectivity index (χ1n) is 10.6. The van der Waals surface area contributed by atoms with Gasteiger partial charge in [0, 0.05) is 54.1 Å². The number of rotatable bonds is 7. The first-order valence-corrected chi connectivity index (χ1v) is 11.5. The first kappa shape index (κ1) is 25.7. The van der Waals surface area contributed by atoms with Crippen molar-refractivity contribution in [3.63, 3.8) is 0 Å². The van der Waals surface area contributed by atoms with E-state index in [2.05, 4.69) is 35.8 Å². The second-order valence-corrected chi connectivity index (χ2v) is 8.24. The molecule has 192 valence electrons. The van der Waals surface area contributed by atoms with E-state index in [0.29, 0.717) is 28.8 Å². The average Bonchev–Trinajstić information content (AvgIpc) is 3.53. The zero-order chi connectivity index (χ0) is 26.6. The molecule has 0 radical (unpaired) electrons. The lowest BCUT2D eigenvalue weighted by Crippen LogP contribution is -2.28. The van der Waals surface area contributed by atoms with Crippen LogP contribution in [0.5, 0.6) is 0 Å². The van der Waals surface area contributed by atoms with Crippen LogP contribution in [0, 0.1) is 0 Å². The van der Waals surface area contributed by atoms with Crippen molar-refractivity contribution in [3.8, 4) is 33.2 Å². The molecular weight excluding hydrogens is 515 g/mol. The van der Waals surface area contributed by atoms with Crippen LogP contribution in [0.4, 0.5) is 23.8 Å². The maximum absolute atomic E-state index is 13.2. The minimum absolute atomic E-state index is 0.0653. The van der Waals surface area contributed by atoms with E-state index in [-0.39, 0.29) is 29.2 Å². The van der Waals surface area contributed by atoms with Gasteiger partial charge in [0.25, 0.3) is 5.89 Å². The highest BCUT2D eigenvalue weighted by atomic mass is 32.1. The third kappa shape index (κ3) is 6.24. The predicted molar refractivity (Wildman–Crippen MR) is 125 cm³/mol. The zero-order valence-electron chi connectivity index (χ0n) is 19.3. The van der Waals surface area contributed by atoms with Crippen LogP contribution in [-0.2, 0) is 22.3 Å². The fourth-order valence-corrected chi connectivity index (χ4v) is 3.93. The van der Waals surface area contributed by atoms with Gasteiger partial charge in [-0.1, -0.05) is 0 Å². The molecule has 37 heavy (non-hydrogen) atoms. The number of nitrogens with one attached hydrogen (secondary N) is 2. The van der Waals surface area contributed by atoms with Crippen LogP contribution < -0.4 is 10.6 Å². The number of amides is 2. The summed E-state index contributed by atoms with van der Waals surface area (Å²) in [4.78, 5) is 35.1. The fraction of sp³-hybridized carbons (Fsp3) is 0.227. The highest BCUT2D eigenvalue weighted by Gasteiger charge is 2.34. The van der Waals surface area contributed by atoms with Crippen LogP contribution in [0.3, 0.4) is 0 Å². The summed E-state index contributed by atoms with van der Waals surface area (Å²) in [5.74, 6) is -0.232. The van der Waals surface area contributed by atoms with Gasteiger partial charge in [-0.25, -0.2) is 14.8 Å². The zero-order valence-corrected chi connectivity index (χ0v) is 20.1. The molecule has 0 aliphatic rings. The molecule has 4 aromatic heterocycles. The van der Waals surface area contributed by atoms with E-state index in [1.807, 2.05) is 0 Å². The van der Waals surface area contributed by atoms with Crippen molar-refractivity contribution in [1.82, 2.24) is 30.5 Å². The van der Waals surface area contributed by atoms with Gasteiger partial charge in [0.05, 0.1) is 5.56 Å². The average molecular weight is 533 g/mol. The summed E-state index contributed by atoms with van der Waals surface area (Å²) in [5, 5.41) is 13.8. The van der Waals surface area contributed by atoms with Crippen LogP contribution in [0.1, 0.15) is 25.4 Å². The standard InChI is InChI=1S/C22H18F3N7O4S/c1-3-27-21(34)30-17-5-14(20-29-16(10-37-20)22(23,24)25)15(8-28-17)12-4-13(7-26-6-12)19-32-31-18(36-19)9-35-11(2)33/h4-8,10H,3,9H2,1-2H3,(H2,27,28,30,34). The molecule has 0 saturated heterocycles. The predicted octanol–water partition coefficient (Wildman–Crippen LogP) is 4.54. The SMILES string of the molecule is CCNC(=O)Nc1cc(-c2nc(C(F)(F)F)cs2)c(-c2cncc(-c3nnc(COC(C)=O)o3)c2)cn1. The van der Waals surface area contributed by atoms with Gasteiger partial charge in [0.15, 0.2) is 12.3 Å². The number of halogens is 3. The second-order valence-electron chi connectivity index (χ2n) is 7.38. The van der Waals surface area contributed by atoms with E-state index in [1.165, 1.54) is 31.6 Å². The Morgan fingerprint density at radius 2 is 1.89 bits per heavy atom. The van der Waals surface area contributed by atoms with Crippen LogP contribution in [0.2, 0.25) is 0 Å². The van der Waals surface area contributed by atoms with Crippen molar-refractivity contribution in [2.24, 2.45) is 0 Å². The van der Waals surface area contributed by atoms with Gasteiger partial charge in [0.1, 0.15) is 10.8 Å². The van der Waals surface area contributed by atoms with Gasteiger partial charge in [0.2, 0.25) is 5.89 Å². The number of thiazole rings is 1. The number of urea groups is 1. The van der Waals surface area contributed by atoms with E-state index < -0.39 is 23.9 Å². The Labute approximate surface area is 211 Å². The Morgan fingerprint density at radius 3 is 2.59 bits per heavy atom. The summed E-state index contributed by atoms with van der Waals surface area (Å²) in [6, 6.07) is 2.54. The number of pyridine rings is 2. The lowest BCUT2D eigenvalue weighted by molar-refractivity contribution is -0.143. The molecule has 2 amide bonds. The molecule has 0 saturated carbocycles. The van der Waals surface area contributed by atoms with Gasteiger partial charge in [-0.15, -0.1) is 21.5 Å². The number of ether oxygens (including phenoxy) is 1. The summed E-state index contributed by atoms with van der Waals surface area (Å²) in [6.45, 7) is 3.15. The number of carbonyl (C=O) groups is 2. The molecule has 4 heterocycles. The maximum atomic E-state index is 13.2. The van der Waals surface area contributed by atoms with Crippen LogP contribution in [0.25, 0.3) is 33.2 Å². The molecule has 0 aliphatic carbocycles. The number of carbonyl (C=O) groups excluding carboxylic acids is 2. The number of hydrogen-bond donors (Lipinski definition) is 2. The molecule has 15 heteroatoms. The van der Waals surface area contributed by atoms with Crippen LogP contribution in [0.15, 0.2) is 40.5 Å². The molecular formula is C22H18F3N7O4S. The number of nitrogens with zero attached hydrogens (tertiary/aromatic N) is 5. The molecule has 0 unspecified atom stereocenters. The number of esters is 1. The summed E-state index contributed by atoms with van der Waals surface area (Å²) in [5.41, 5.74) is 0.533. The van der Waals surface area contributed by atoms with Gasteiger partial charge >= 0.3 is 18.2 Å². The third-order valence-electron chi connectivity index (χ3n) is 4.67. The fourth-order valence-electron chi connectivity index (χ4n) is 3.08. The second kappa shape index (κ2) is 10.7. The molecule has 0 spiro atoms. The Bertz CT molecular complexity index is 1440. The van der Waals surface area contributed by atoms with Crippen molar-refractivity contribution in [3.05, 3.63) is 47.7 Å². The lowest BCUT2D eigenvalue weighted by Gasteiger charge is -2.11. The summed E-state index contributed by atoms with van der Waals surface area (Å²) in [6.07, 6.45) is -0.287. The normalized spacial score (nSPS) is 11.3. The molecule has 0 bridgehead atoms. The number of aromatic nitrogens is 5. The first-order chi connectivity index (χ1) is 17.6. The Morgan fingerprint density at radius 1 is 1.11 bits per heavy atom. The quantitative estimate of drug-likeness (QED) is 0.327. The number of alkyl halides is 3. The van der Waals surface area contributed by atoms with E-state index in [0.717, 1.165) is 16.7 Å². The monoisotopic (exact) mass is 533 g/mol. The molecule has 0 aliphatic heterocycles. The van der Waals surface area contributed by atoms with Gasteiger partial charge in [-0.2, -0.15) is 13.2 Å². The molecule has 11 nitrogen and oxygen atoms in total. The van der Waals surface area contributed by atoms with E-state index in [4.69, 9.17) is 9.15 Å². The molecule has 0 aromatic carbocycles. The lowest BCUT2D eigenvalue weighted by atomic mass is 10.0. The Kier molecular flexibility index (Phi) is 7.42. The maximum Gasteiger partial charge on any atom is 0.434 e. The Hall–Kier alpha value is -4.40. The number of hydrogen-bond acceptors (Lipinski definition) is 10. The molecule has 0 atom stereocenters. The van der Waals surface area contributed by atoms with Crippen molar-refractivity contribution in [2.45, 2.75) is 26.6 Å². The van der Waals surface area contributed by atoms with E-state index in [1.54, 1.807) is 13.0 Å². The highest BCUT2D eigenvalue weighted by molar-refractivity contribution is 7.13. The van der Waals surface area contributed by atoms with Gasteiger partial charge in [-0.05, 0) is 19.1 Å². The van der Waals surface area contributed by atoms with Crippen LogP contribution in [-0.4, -0.2) is 43.7 Å². The summed E-state index contributed by atoms with van der Waals surface area (Å²) in [7, 11) is 0. The van der Waals surface area contributed by atoms with Crippen LogP contribution >= 0.6 is 11.3 Å². The minimum Gasteiger partial charge on any atom is -0.456 e. The molecule has 4 aromatic rings. The van der Waals surface area contributed by atoms with Gasteiger partial charge < -0.3 is 14.5 Å². The molecule has 0 fully saturated rings. The van der Waals surface area contributed by atoms with E-state index in [9.17, 15) is 22.8 Å². The highest BCUT2D eigenvalue weighted by Crippen LogP contribution is 2.38. The Balaban J connectivity index is 1.73. The smallest absolute Gasteiger partial charge is 0.434 e. The summed E-state index contributed by atoms with van der Waals surface area (Å²) < 4.78 is 50.0. The topological polar surface area (TPSA) is 145 Å². The molecule has 4 rings (SSSR count). The van der Waals surface area contributed by atoms with E-state index >= 15 is 0 Å². The number of anilines is 1. The molecule has 2 N–H and O–H groups in total. The van der Waals surface area contributed by atoms with Crippen molar-refractivity contribution >= 4 is 29.2 Å². The van der Waals surface area contributed by atoms with Crippen molar-refractivity contribution in [2.75, 3.05) is 11.9 Å². The third-order valence-corrected chi connectivity index (χ3v) is 5.55. The largest absolute Gasteiger partial charge is 0.456 e. The minimum atomic E-state index is -4.62. The van der Waals surface area contributed by atoms with Crippen molar-refractivity contribution in [1.29, 1.82) is 0 Å². The summed E-state index contributed by atoms with van der Waals surface area (Å²) >= 11 is 0.798.